The lowest BCUT2D eigenvalue weighted by molar-refractivity contribution is 0.429. The molecule has 2 N–H and O–H groups in total. The molecule has 84 valence electrons. The van der Waals surface area contributed by atoms with Gasteiger partial charge in [-0.15, -0.1) is 12.4 Å². The van der Waals surface area contributed by atoms with Gasteiger partial charge < -0.3 is 10.6 Å². The van der Waals surface area contributed by atoms with Gasteiger partial charge in [0.2, 0.25) is 0 Å². The van der Waals surface area contributed by atoms with Gasteiger partial charge >= 0.3 is 0 Å². The third kappa shape index (κ3) is 3.33. The number of piperazine rings is 1. The average molecular weight is 312 g/mol. The molecule has 1 saturated heterocycles. The first-order valence-corrected chi connectivity index (χ1v) is 5.83. The molecule has 1 aliphatic rings. The van der Waals surface area contributed by atoms with Gasteiger partial charge in [0, 0.05) is 35.2 Å². The van der Waals surface area contributed by atoms with Gasteiger partial charge in [-0.3, -0.25) is 0 Å². The molecule has 1 aromatic carbocycles. The van der Waals surface area contributed by atoms with E-state index in [4.69, 9.17) is 11.6 Å². The van der Waals surface area contributed by atoms with E-state index in [1.165, 1.54) is 5.56 Å². The lowest BCUT2D eigenvalue weighted by Gasteiger charge is -2.25. The van der Waals surface area contributed by atoms with Crippen LogP contribution >= 0.6 is 39.9 Å². The maximum absolute atomic E-state index is 5.89. The number of hydrogen-bond donors (Lipinski definition) is 2. The molecule has 15 heavy (non-hydrogen) atoms. The maximum atomic E-state index is 5.89. The van der Waals surface area contributed by atoms with Gasteiger partial charge in [0.15, 0.2) is 0 Å². The van der Waals surface area contributed by atoms with Crippen LogP contribution in [0.2, 0.25) is 5.02 Å². The monoisotopic (exact) mass is 310 g/mol. The third-order valence-electron chi connectivity index (χ3n) is 2.38. The molecule has 2 nitrogen and oxygen atoms in total. The summed E-state index contributed by atoms with van der Waals surface area (Å²) in [5.41, 5.74) is 1.27. The van der Waals surface area contributed by atoms with Crippen LogP contribution in [-0.4, -0.2) is 19.6 Å². The summed E-state index contributed by atoms with van der Waals surface area (Å²) in [6.45, 7) is 3.03. The first kappa shape index (κ1) is 13.3. The highest BCUT2D eigenvalue weighted by Gasteiger charge is 2.16. The topological polar surface area (TPSA) is 24.1 Å². The van der Waals surface area contributed by atoms with E-state index in [1.807, 2.05) is 12.1 Å². The molecule has 1 aliphatic heterocycles. The molecule has 1 fully saturated rings. The normalized spacial score (nSPS) is 20.8. The fourth-order valence-corrected chi connectivity index (χ4v) is 2.62. The first-order valence-electron chi connectivity index (χ1n) is 4.66. The summed E-state index contributed by atoms with van der Waals surface area (Å²) in [6, 6.07) is 6.32. The van der Waals surface area contributed by atoms with Crippen LogP contribution in [0.25, 0.3) is 0 Å². The van der Waals surface area contributed by atoms with Gasteiger partial charge in [-0.2, -0.15) is 0 Å². The van der Waals surface area contributed by atoms with Crippen molar-refractivity contribution < 1.29 is 0 Å². The van der Waals surface area contributed by atoms with Crippen molar-refractivity contribution in [1.82, 2.24) is 10.6 Å². The molecule has 1 heterocycles. The number of nitrogens with one attached hydrogen (secondary N) is 2. The molecule has 0 radical (unpaired) electrons. The first-order chi connectivity index (χ1) is 6.77. The Morgan fingerprint density at radius 3 is 2.73 bits per heavy atom. The molecule has 5 heteroatoms. The van der Waals surface area contributed by atoms with E-state index in [-0.39, 0.29) is 12.4 Å². The second-order valence-electron chi connectivity index (χ2n) is 3.38. The summed E-state index contributed by atoms with van der Waals surface area (Å²) >= 11 is 9.42. The fourth-order valence-electron chi connectivity index (χ4n) is 1.66. The molecule has 0 saturated carbocycles. The van der Waals surface area contributed by atoms with Crippen molar-refractivity contribution in [1.29, 1.82) is 0 Å². The van der Waals surface area contributed by atoms with E-state index in [1.54, 1.807) is 0 Å². The van der Waals surface area contributed by atoms with Crippen LogP contribution in [0.15, 0.2) is 22.7 Å². The number of rotatable bonds is 1. The molecular weight excluding hydrogens is 299 g/mol. The van der Waals surface area contributed by atoms with Crippen LogP contribution in [-0.2, 0) is 0 Å². The summed E-state index contributed by atoms with van der Waals surface area (Å²) in [7, 11) is 0. The van der Waals surface area contributed by atoms with Crippen LogP contribution in [0.1, 0.15) is 11.6 Å². The molecule has 2 rings (SSSR count). The van der Waals surface area contributed by atoms with E-state index in [9.17, 15) is 0 Å². The maximum Gasteiger partial charge on any atom is 0.0458 e. The lowest BCUT2D eigenvalue weighted by atomic mass is 10.1. The van der Waals surface area contributed by atoms with E-state index in [0.717, 1.165) is 29.1 Å². The summed E-state index contributed by atoms with van der Waals surface area (Å²) < 4.78 is 1.08. The van der Waals surface area contributed by atoms with Crippen molar-refractivity contribution in [3.05, 3.63) is 33.3 Å². The standard InChI is InChI=1S/C10H12BrClN2.ClH/c11-9-5-7(12)1-2-8(9)10-6-13-3-4-14-10;/h1-2,5,10,13-14H,3-4,6H2;1H/t10-;/m0./s1. The SMILES string of the molecule is Cl.Clc1ccc([C@@H]2CNCCN2)c(Br)c1. The number of halogens is 3. The van der Waals surface area contributed by atoms with Crippen molar-refractivity contribution in [2.45, 2.75) is 6.04 Å². The molecule has 0 amide bonds. The minimum absolute atomic E-state index is 0. The average Bonchev–Trinajstić information content (AvgIpc) is 2.19. The zero-order valence-electron chi connectivity index (χ0n) is 8.09. The molecule has 0 unspecified atom stereocenters. The van der Waals surface area contributed by atoms with Crippen LogP contribution in [0.5, 0.6) is 0 Å². The highest BCUT2D eigenvalue weighted by molar-refractivity contribution is 9.10. The van der Waals surface area contributed by atoms with Gasteiger partial charge in [-0.25, -0.2) is 0 Å². The summed E-state index contributed by atoms with van der Waals surface area (Å²) in [5, 5.41) is 7.59. The van der Waals surface area contributed by atoms with Crippen LogP contribution in [0.3, 0.4) is 0 Å². The van der Waals surface area contributed by atoms with Crippen LogP contribution in [0.4, 0.5) is 0 Å². The predicted molar refractivity (Wildman–Crippen MR) is 70.0 cm³/mol. The highest BCUT2D eigenvalue weighted by Crippen LogP contribution is 2.26. The number of hydrogen-bond acceptors (Lipinski definition) is 2. The van der Waals surface area contributed by atoms with E-state index >= 15 is 0 Å². The molecule has 0 bridgehead atoms. The Morgan fingerprint density at radius 2 is 2.13 bits per heavy atom. The van der Waals surface area contributed by atoms with Gasteiger partial charge in [-0.1, -0.05) is 33.6 Å². The van der Waals surface area contributed by atoms with E-state index in [0.29, 0.717) is 6.04 Å². The predicted octanol–water partition coefficient (Wildman–Crippen LogP) is 2.76. The second-order valence-corrected chi connectivity index (χ2v) is 4.67. The highest BCUT2D eigenvalue weighted by atomic mass is 79.9. The quantitative estimate of drug-likeness (QED) is 0.833. The Kier molecular flexibility index (Phi) is 5.36. The van der Waals surface area contributed by atoms with E-state index < -0.39 is 0 Å². The molecule has 0 aromatic heterocycles. The zero-order chi connectivity index (χ0) is 9.97. The summed E-state index contributed by atoms with van der Waals surface area (Å²) in [6.07, 6.45) is 0. The lowest BCUT2D eigenvalue weighted by Crippen LogP contribution is -2.42. The molecular formula is C10H13BrCl2N2. The van der Waals surface area contributed by atoms with Gasteiger partial charge in [0.25, 0.3) is 0 Å². The minimum Gasteiger partial charge on any atom is -0.314 e. The Labute approximate surface area is 109 Å². The van der Waals surface area contributed by atoms with Crippen molar-refractivity contribution >= 4 is 39.9 Å². The molecule has 0 aliphatic carbocycles. The fraction of sp³-hybridized carbons (Fsp3) is 0.400. The van der Waals surface area contributed by atoms with E-state index in [2.05, 4.69) is 32.6 Å². The minimum atomic E-state index is 0. The Morgan fingerprint density at radius 1 is 1.33 bits per heavy atom. The van der Waals surface area contributed by atoms with Gasteiger partial charge in [0.1, 0.15) is 0 Å². The third-order valence-corrected chi connectivity index (χ3v) is 3.30. The van der Waals surface area contributed by atoms with Crippen LogP contribution in [0, 0.1) is 0 Å². The van der Waals surface area contributed by atoms with Crippen molar-refractivity contribution in [2.24, 2.45) is 0 Å². The molecule has 0 spiro atoms. The smallest absolute Gasteiger partial charge is 0.0458 e. The Balaban J connectivity index is 0.00000112. The Bertz CT molecular complexity index is 327. The van der Waals surface area contributed by atoms with Gasteiger partial charge in [-0.05, 0) is 17.7 Å². The van der Waals surface area contributed by atoms with Crippen molar-refractivity contribution in [2.75, 3.05) is 19.6 Å². The second kappa shape index (κ2) is 6.06. The summed E-state index contributed by atoms with van der Waals surface area (Å²) in [5.74, 6) is 0. The molecule has 1 aromatic rings. The largest absolute Gasteiger partial charge is 0.314 e. The molecule has 1 atom stereocenters. The number of benzene rings is 1. The van der Waals surface area contributed by atoms with Crippen molar-refractivity contribution in [3.8, 4) is 0 Å². The Hall–Kier alpha value is 0.200. The van der Waals surface area contributed by atoms with Gasteiger partial charge in [0.05, 0.1) is 0 Å². The van der Waals surface area contributed by atoms with Crippen molar-refractivity contribution in [3.63, 3.8) is 0 Å². The zero-order valence-corrected chi connectivity index (χ0v) is 11.3. The van der Waals surface area contributed by atoms with Crippen LogP contribution < -0.4 is 10.6 Å². The summed E-state index contributed by atoms with van der Waals surface area (Å²) in [4.78, 5) is 0.